The molecule has 68 valence electrons. The normalized spacial score (nSPS) is 8.67. The molecule has 0 radical (unpaired) electrons. The molecule has 0 saturated heterocycles. The highest BCUT2D eigenvalue weighted by Crippen LogP contribution is 2.02. The average molecular weight is 168 g/mol. The van der Waals surface area contributed by atoms with Gasteiger partial charge in [-0.1, -0.05) is 0 Å². The number of nitrogens with two attached hydrogens (primary N) is 1. The number of nitrogens with zero attached hydrogens (tertiary/aromatic N) is 2. The molecule has 0 bridgehead atoms. The zero-order valence-corrected chi connectivity index (χ0v) is 8.05. The minimum atomic E-state index is 0.506. The maximum absolute atomic E-state index is 7.06. The van der Waals surface area contributed by atoms with Crippen molar-refractivity contribution in [3.05, 3.63) is 11.4 Å². The summed E-state index contributed by atoms with van der Waals surface area (Å²) in [6.07, 6.45) is 1.09. The Hall–Kier alpha value is -1.32. The van der Waals surface area contributed by atoms with Gasteiger partial charge in [-0.05, 0) is 33.3 Å². The minimum Gasteiger partial charge on any atom is -0.384 e. The van der Waals surface area contributed by atoms with Crippen LogP contribution in [0.25, 0.3) is 0 Å². The fraction of sp³-hybridized carbons (Fsp3) is 0.500. The summed E-state index contributed by atoms with van der Waals surface area (Å²) < 4.78 is 0. The molecule has 4 heteroatoms. The van der Waals surface area contributed by atoms with Crippen LogP contribution in [-0.4, -0.2) is 17.1 Å². The molecule has 0 amide bonds. The van der Waals surface area contributed by atoms with Gasteiger partial charge in [0.1, 0.15) is 12.2 Å². The molecule has 0 aromatic rings. The summed E-state index contributed by atoms with van der Waals surface area (Å²) >= 11 is 0. The van der Waals surface area contributed by atoms with E-state index in [0.29, 0.717) is 5.82 Å². The molecule has 0 aliphatic carbocycles. The van der Waals surface area contributed by atoms with Crippen molar-refractivity contribution in [2.24, 2.45) is 10.8 Å². The summed E-state index contributed by atoms with van der Waals surface area (Å²) in [4.78, 5) is 0. The van der Waals surface area contributed by atoms with Gasteiger partial charge >= 0.3 is 0 Å². The highest BCUT2D eigenvalue weighted by atomic mass is 15.5. The molecular formula is C8H16N4. The molecule has 0 rings (SSSR count). The van der Waals surface area contributed by atoms with Crippen LogP contribution >= 0.6 is 0 Å². The summed E-state index contributed by atoms with van der Waals surface area (Å²) in [7, 11) is 0. The molecule has 0 fully saturated rings. The summed E-state index contributed by atoms with van der Waals surface area (Å²) in [6.45, 7) is 7.47. The van der Waals surface area contributed by atoms with Crippen molar-refractivity contribution < 1.29 is 0 Å². The summed E-state index contributed by atoms with van der Waals surface area (Å²) in [5, 5.41) is 12.4. The Kier molecular flexibility index (Phi) is 4.04. The highest BCUT2D eigenvalue weighted by molar-refractivity contribution is 5.79. The first-order valence-electron chi connectivity index (χ1n) is 3.73. The Morgan fingerprint density at radius 1 is 1.33 bits per heavy atom. The average Bonchev–Trinajstić information content (AvgIpc) is 1.98. The van der Waals surface area contributed by atoms with Crippen molar-refractivity contribution in [2.45, 2.75) is 27.7 Å². The first-order valence-corrected chi connectivity index (χ1v) is 3.73. The van der Waals surface area contributed by atoms with Crippen LogP contribution in [0.15, 0.2) is 16.5 Å². The Bertz CT molecular complexity index is 219. The predicted octanol–water partition coefficient (Wildman–Crippen LogP) is 1.50. The van der Waals surface area contributed by atoms with E-state index in [1.54, 1.807) is 0 Å². The van der Waals surface area contributed by atoms with Gasteiger partial charge in [0, 0.05) is 5.71 Å². The van der Waals surface area contributed by atoms with E-state index < -0.39 is 0 Å². The quantitative estimate of drug-likeness (QED) is 0.381. The second-order valence-corrected chi connectivity index (χ2v) is 2.91. The number of nitrogens with one attached hydrogen (secondary N) is 1. The van der Waals surface area contributed by atoms with E-state index in [4.69, 9.17) is 11.1 Å². The first-order chi connectivity index (χ1) is 5.49. The fourth-order valence-corrected chi connectivity index (χ4v) is 0.597. The van der Waals surface area contributed by atoms with Gasteiger partial charge in [-0.25, -0.2) is 5.01 Å². The molecule has 0 saturated carbocycles. The maximum Gasteiger partial charge on any atom is 0.125 e. The summed E-state index contributed by atoms with van der Waals surface area (Å²) in [6, 6.07) is 0. The summed E-state index contributed by atoms with van der Waals surface area (Å²) in [5.41, 5.74) is 7.48. The number of hydrogen-bond acceptors (Lipinski definition) is 3. The van der Waals surface area contributed by atoms with E-state index in [2.05, 4.69) is 5.10 Å². The number of rotatable bonds is 3. The molecule has 3 N–H and O–H groups in total. The van der Waals surface area contributed by atoms with Crippen molar-refractivity contribution in [3.8, 4) is 0 Å². The lowest BCUT2D eigenvalue weighted by atomic mass is 10.3. The largest absolute Gasteiger partial charge is 0.384 e. The Labute approximate surface area is 73.3 Å². The third kappa shape index (κ3) is 3.18. The van der Waals surface area contributed by atoms with Crippen LogP contribution in [0, 0.1) is 5.41 Å². The molecule has 0 aliphatic heterocycles. The lowest BCUT2D eigenvalue weighted by Gasteiger charge is -2.14. The van der Waals surface area contributed by atoms with Crippen LogP contribution in [0.1, 0.15) is 27.7 Å². The van der Waals surface area contributed by atoms with Gasteiger partial charge in [-0.15, -0.1) is 0 Å². The maximum atomic E-state index is 7.06. The van der Waals surface area contributed by atoms with E-state index >= 15 is 0 Å². The van der Waals surface area contributed by atoms with E-state index in [1.165, 1.54) is 5.01 Å². The van der Waals surface area contributed by atoms with Crippen molar-refractivity contribution >= 4 is 12.1 Å². The van der Waals surface area contributed by atoms with Crippen LogP contribution in [0.3, 0.4) is 0 Å². The second kappa shape index (κ2) is 4.54. The molecule has 0 aliphatic rings. The van der Waals surface area contributed by atoms with Crippen molar-refractivity contribution in [1.29, 1.82) is 5.41 Å². The fourth-order valence-electron chi connectivity index (χ4n) is 0.597. The molecule has 4 nitrogen and oxygen atoms in total. The molecule has 0 heterocycles. The Morgan fingerprint density at radius 2 is 1.83 bits per heavy atom. The van der Waals surface area contributed by atoms with Gasteiger partial charge in [0.15, 0.2) is 0 Å². The molecule has 0 atom stereocenters. The van der Waals surface area contributed by atoms with Crippen LogP contribution < -0.4 is 5.73 Å². The number of hydrogen-bond donors (Lipinski definition) is 2. The van der Waals surface area contributed by atoms with Gasteiger partial charge in [-0.3, -0.25) is 5.41 Å². The van der Waals surface area contributed by atoms with Crippen LogP contribution in [0.4, 0.5) is 0 Å². The lowest BCUT2D eigenvalue weighted by molar-refractivity contribution is 0.547. The first kappa shape index (κ1) is 10.7. The van der Waals surface area contributed by atoms with Crippen molar-refractivity contribution in [2.75, 3.05) is 0 Å². The van der Waals surface area contributed by atoms with Crippen molar-refractivity contribution in [1.82, 2.24) is 5.01 Å². The monoisotopic (exact) mass is 168 g/mol. The van der Waals surface area contributed by atoms with E-state index in [0.717, 1.165) is 17.6 Å². The summed E-state index contributed by atoms with van der Waals surface area (Å²) in [5.74, 6) is 0.506. The lowest BCUT2D eigenvalue weighted by Crippen LogP contribution is -2.22. The van der Waals surface area contributed by atoms with Gasteiger partial charge in [-0.2, -0.15) is 5.10 Å². The predicted molar refractivity (Wildman–Crippen MR) is 52.0 cm³/mol. The molecule has 0 aromatic heterocycles. The number of allylic oxidation sites excluding steroid dienone is 1. The van der Waals surface area contributed by atoms with Gasteiger partial charge < -0.3 is 5.73 Å². The van der Waals surface area contributed by atoms with Crippen LogP contribution in [0.2, 0.25) is 0 Å². The molecule has 0 unspecified atom stereocenters. The van der Waals surface area contributed by atoms with E-state index in [9.17, 15) is 0 Å². The minimum absolute atomic E-state index is 0.506. The van der Waals surface area contributed by atoms with E-state index in [-0.39, 0.29) is 0 Å². The standard InChI is InChI=1S/C8H16N4/c1-6(2)8(10)12(5-9)11-7(3)4/h5,9H,10H2,1-4H3. The SMILES string of the molecule is CC(C)=NN(C=N)C(N)=C(C)C. The van der Waals surface area contributed by atoms with Gasteiger partial charge in [0.25, 0.3) is 0 Å². The third-order valence-electron chi connectivity index (χ3n) is 1.19. The smallest absolute Gasteiger partial charge is 0.125 e. The van der Waals surface area contributed by atoms with Gasteiger partial charge in [0.05, 0.1) is 0 Å². The zero-order chi connectivity index (χ0) is 9.72. The van der Waals surface area contributed by atoms with E-state index in [1.807, 2.05) is 27.7 Å². The Balaban J connectivity index is 4.70. The molecule has 12 heavy (non-hydrogen) atoms. The van der Waals surface area contributed by atoms with Crippen LogP contribution in [0.5, 0.6) is 0 Å². The molecule has 0 spiro atoms. The van der Waals surface area contributed by atoms with Gasteiger partial charge in [0.2, 0.25) is 0 Å². The molecular weight excluding hydrogens is 152 g/mol. The number of hydrazone groups is 1. The highest BCUT2D eigenvalue weighted by Gasteiger charge is 2.01. The zero-order valence-electron chi connectivity index (χ0n) is 8.05. The molecule has 0 aromatic carbocycles. The topological polar surface area (TPSA) is 65.5 Å². The Morgan fingerprint density at radius 3 is 2.08 bits per heavy atom. The van der Waals surface area contributed by atoms with Crippen LogP contribution in [-0.2, 0) is 0 Å². The van der Waals surface area contributed by atoms with Crippen molar-refractivity contribution in [3.63, 3.8) is 0 Å². The second-order valence-electron chi connectivity index (χ2n) is 2.91. The third-order valence-corrected chi connectivity index (χ3v) is 1.19.